The quantitative estimate of drug-likeness (QED) is 0.435. The molecular formula is C10H13ClO5. The first-order chi connectivity index (χ1) is 7.41. The van der Waals surface area contributed by atoms with Crippen molar-refractivity contribution in [2.45, 2.75) is 37.5 Å². The third kappa shape index (κ3) is 3.21. The van der Waals surface area contributed by atoms with Crippen LogP contribution in [0.1, 0.15) is 13.8 Å². The van der Waals surface area contributed by atoms with Crippen LogP contribution >= 0.6 is 11.6 Å². The minimum Gasteiger partial charge on any atom is -0.457 e. The zero-order chi connectivity index (χ0) is 12.3. The molecule has 0 saturated carbocycles. The molecule has 0 heterocycles. The van der Waals surface area contributed by atoms with Gasteiger partial charge in [0.1, 0.15) is 6.10 Å². The molecule has 0 aromatic rings. The van der Waals surface area contributed by atoms with Crippen molar-refractivity contribution in [2.75, 3.05) is 0 Å². The van der Waals surface area contributed by atoms with Crippen LogP contribution in [0.3, 0.4) is 0 Å². The predicted molar refractivity (Wildman–Crippen MR) is 55.9 cm³/mol. The molecule has 0 spiro atoms. The Balaban J connectivity index is 2.83. The Morgan fingerprint density at radius 3 is 2.12 bits per heavy atom. The van der Waals surface area contributed by atoms with Crippen LogP contribution in [-0.4, -0.2) is 40.7 Å². The minimum atomic E-state index is -1.02. The van der Waals surface area contributed by atoms with E-state index in [0.29, 0.717) is 0 Å². The Bertz CT molecular complexity index is 284. The van der Waals surface area contributed by atoms with E-state index in [0.717, 1.165) is 0 Å². The van der Waals surface area contributed by atoms with Crippen molar-refractivity contribution in [1.82, 2.24) is 0 Å². The van der Waals surface area contributed by atoms with Gasteiger partial charge in [0.25, 0.3) is 0 Å². The molecule has 4 atom stereocenters. The van der Waals surface area contributed by atoms with Crippen molar-refractivity contribution >= 4 is 23.5 Å². The van der Waals surface area contributed by atoms with Crippen molar-refractivity contribution in [1.29, 1.82) is 0 Å². The van der Waals surface area contributed by atoms with Gasteiger partial charge in [-0.25, -0.2) is 0 Å². The number of halogens is 1. The second-order valence-electron chi connectivity index (χ2n) is 3.47. The lowest BCUT2D eigenvalue weighted by atomic mass is 9.98. The molecule has 1 aliphatic carbocycles. The molecule has 90 valence electrons. The van der Waals surface area contributed by atoms with Gasteiger partial charge in [-0.15, -0.1) is 11.6 Å². The van der Waals surface area contributed by atoms with E-state index >= 15 is 0 Å². The van der Waals surface area contributed by atoms with E-state index in [9.17, 15) is 14.7 Å². The van der Waals surface area contributed by atoms with E-state index in [-0.39, 0.29) is 0 Å². The van der Waals surface area contributed by atoms with Crippen LogP contribution in [0.25, 0.3) is 0 Å². The molecule has 0 amide bonds. The van der Waals surface area contributed by atoms with Crippen LogP contribution in [-0.2, 0) is 19.1 Å². The zero-order valence-electron chi connectivity index (χ0n) is 8.92. The second-order valence-corrected chi connectivity index (χ2v) is 3.97. The smallest absolute Gasteiger partial charge is 0.303 e. The summed E-state index contributed by atoms with van der Waals surface area (Å²) in [5, 5.41) is 8.98. The summed E-state index contributed by atoms with van der Waals surface area (Å²) in [6.07, 6.45) is 0.0469. The highest BCUT2D eigenvalue weighted by Gasteiger charge is 2.39. The second kappa shape index (κ2) is 5.32. The summed E-state index contributed by atoms with van der Waals surface area (Å²) < 4.78 is 9.81. The van der Waals surface area contributed by atoms with Crippen LogP contribution in [0.5, 0.6) is 0 Å². The van der Waals surface area contributed by atoms with Crippen molar-refractivity contribution in [3.8, 4) is 0 Å². The molecule has 16 heavy (non-hydrogen) atoms. The van der Waals surface area contributed by atoms with Crippen molar-refractivity contribution in [3.05, 3.63) is 12.2 Å². The lowest BCUT2D eigenvalue weighted by molar-refractivity contribution is -0.172. The predicted octanol–water partition coefficient (Wildman–Crippen LogP) is 0.388. The molecule has 0 bridgehead atoms. The number of carbonyl (C=O) groups is 2. The van der Waals surface area contributed by atoms with E-state index in [1.165, 1.54) is 26.0 Å². The summed E-state index contributed by atoms with van der Waals surface area (Å²) in [7, 11) is 0. The summed E-state index contributed by atoms with van der Waals surface area (Å²) in [5.74, 6) is -1.12. The Labute approximate surface area is 98.0 Å². The van der Waals surface area contributed by atoms with Crippen LogP contribution in [0.2, 0.25) is 0 Å². The number of aliphatic hydroxyl groups is 1. The highest BCUT2D eigenvalue weighted by molar-refractivity contribution is 6.22. The molecular weight excluding hydrogens is 236 g/mol. The molecule has 1 rings (SSSR count). The maximum atomic E-state index is 10.9. The first-order valence-corrected chi connectivity index (χ1v) is 5.20. The zero-order valence-corrected chi connectivity index (χ0v) is 9.68. The van der Waals surface area contributed by atoms with Gasteiger partial charge in [-0.3, -0.25) is 9.59 Å². The maximum Gasteiger partial charge on any atom is 0.303 e. The first-order valence-electron chi connectivity index (χ1n) is 4.76. The van der Waals surface area contributed by atoms with Crippen LogP contribution in [0.15, 0.2) is 12.2 Å². The van der Waals surface area contributed by atoms with Gasteiger partial charge in [0.05, 0.1) is 5.38 Å². The van der Waals surface area contributed by atoms with Crippen molar-refractivity contribution in [3.63, 3.8) is 0 Å². The van der Waals surface area contributed by atoms with Crippen LogP contribution in [0, 0.1) is 0 Å². The molecule has 5 nitrogen and oxygen atoms in total. The molecule has 0 saturated heterocycles. The summed E-state index contributed by atoms with van der Waals surface area (Å²) in [4.78, 5) is 21.7. The van der Waals surface area contributed by atoms with Gasteiger partial charge in [-0.1, -0.05) is 12.2 Å². The number of hydrogen-bond acceptors (Lipinski definition) is 5. The van der Waals surface area contributed by atoms with Gasteiger partial charge in [-0.2, -0.15) is 0 Å². The topological polar surface area (TPSA) is 72.8 Å². The number of alkyl halides is 1. The lowest BCUT2D eigenvalue weighted by Gasteiger charge is -2.33. The van der Waals surface area contributed by atoms with Gasteiger partial charge in [0.15, 0.2) is 12.2 Å². The van der Waals surface area contributed by atoms with E-state index < -0.39 is 35.6 Å². The minimum absolute atomic E-state index is 0.546. The molecule has 0 aromatic heterocycles. The molecule has 1 N–H and O–H groups in total. The van der Waals surface area contributed by atoms with Crippen molar-refractivity contribution < 1.29 is 24.2 Å². The van der Waals surface area contributed by atoms with E-state index in [1.54, 1.807) is 0 Å². The third-order valence-electron chi connectivity index (χ3n) is 2.07. The van der Waals surface area contributed by atoms with E-state index in [4.69, 9.17) is 21.1 Å². The van der Waals surface area contributed by atoms with Gasteiger partial charge < -0.3 is 14.6 Å². The Hall–Kier alpha value is -1.07. The number of rotatable bonds is 2. The number of carbonyl (C=O) groups excluding carboxylic acids is 2. The first kappa shape index (κ1) is 13.0. The number of esters is 2. The van der Waals surface area contributed by atoms with Crippen LogP contribution in [0.4, 0.5) is 0 Å². The SMILES string of the molecule is CC(=O)O[C@@H]1[C@H](OC(C)=O)[C@@H](O)C=C[C@H]1Cl. The van der Waals surface area contributed by atoms with Gasteiger partial charge in [0, 0.05) is 13.8 Å². The van der Waals surface area contributed by atoms with Gasteiger partial charge in [-0.05, 0) is 0 Å². The molecule has 0 aliphatic heterocycles. The summed E-state index contributed by atoms with van der Waals surface area (Å²) in [5.41, 5.74) is 0. The standard InChI is InChI=1S/C10H13ClO5/c1-5(12)15-9-7(11)3-4-8(14)10(9)16-6(2)13/h3-4,7-10,14H,1-2H3/t7-,8+,9+,10-/m1/s1. The molecule has 1 aliphatic rings. The molecule has 0 radical (unpaired) electrons. The largest absolute Gasteiger partial charge is 0.457 e. The highest BCUT2D eigenvalue weighted by atomic mass is 35.5. The maximum absolute atomic E-state index is 10.9. The number of aliphatic hydroxyl groups excluding tert-OH is 1. The fourth-order valence-electron chi connectivity index (χ4n) is 1.47. The van der Waals surface area contributed by atoms with Crippen molar-refractivity contribution in [2.24, 2.45) is 0 Å². The number of ether oxygens (including phenoxy) is 2. The van der Waals surface area contributed by atoms with Gasteiger partial charge >= 0.3 is 11.9 Å². The Morgan fingerprint density at radius 2 is 1.62 bits per heavy atom. The monoisotopic (exact) mass is 248 g/mol. The Morgan fingerprint density at radius 1 is 1.12 bits per heavy atom. The summed E-state index contributed by atoms with van der Waals surface area (Å²) in [6.45, 7) is 2.43. The van der Waals surface area contributed by atoms with Crippen LogP contribution < -0.4 is 0 Å². The Kier molecular flexibility index (Phi) is 4.32. The third-order valence-corrected chi connectivity index (χ3v) is 2.46. The summed E-state index contributed by atoms with van der Waals surface area (Å²) >= 11 is 5.90. The number of hydrogen-bond donors (Lipinski definition) is 1. The lowest BCUT2D eigenvalue weighted by Crippen LogP contribution is -2.49. The fraction of sp³-hybridized carbons (Fsp3) is 0.600. The highest BCUT2D eigenvalue weighted by Crippen LogP contribution is 2.24. The molecule has 0 aromatic carbocycles. The van der Waals surface area contributed by atoms with E-state index in [1.807, 2.05) is 0 Å². The van der Waals surface area contributed by atoms with Gasteiger partial charge in [0.2, 0.25) is 0 Å². The fourth-order valence-corrected chi connectivity index (χ4v) is 1.75. The average Bonchev–Trinajstić information content (AvgIpc) is 2.16. The normalized spacial score (nSPS) is 33.2. The summed E-state index contributed by atoms with van der Waals surface area (Å²) in [6, 6.07) is 0. The van der Waals surface area contributed by atoms with E-state index in [2.05, 4.69) is 0 Å². The average molecular weight is 249 g/mol. The molecule has 6 heteroatoms. The molecule has 0 unspecified atom stereocenters. The molecule has 0 fully saturated rings.